The molecule has 0 bridgehead atoms. The molecule has 1 N–H and O–H groups in total. The molecule has 0 aliphatic carbocycles. The van der Waals surface area contributed by atoms with Gasteiger partial charge in [0.15, 0.2) is 0 Å². The summed E-state index contributed by atoms with van der Waals surface area (Å²) in [6.45, 7) is 0. The van der Waals surface area contributed by atoms with Crippen LogP contribution >= 0.6 is 11.3 Å². The molecule has 102 valence electrons. The van der Waals surface area contributed by atoms with E-state index in [2.05, 4.69) is 32.5 Å². The van der Waals surface area contributed by atoms with Crippen molar-refractivity contribution < 1.29 is 0 Å². The maximum absolute atomic E-state index is 4.21. The summed E-state index contributed by atoms with van der Waals surface area (Å²) >= 11 is 1.72. The van der Waals surface area contributed by atoms with Gasteiger partial charge in [-0.1, -0.05) is 23.4 Å². The zero-order valence-electron chi connectivity index (χ0n) is 11.2. The van der Waals surface area contributed by atoms with Crippen molar-refractivity contribution in [1.82, 2.24) is 20.3 Å². The molecule has 1 aromatic carbocycles. The van der Waals surface area contributed by atoms with E-state index in [9.17, 15) is 0 Å². The molecule has 0 fully saturated rings. The zero-order chi connectivity index (χ0) is 13.8. The fraction of sp³-hybridized carbons (Fsp3) is 0.200. The van der Waals surface area contributed by atoms with E-state index in [0.29, 0.717) is 0 Å². The van der Waals surface area contributed by atoms with Gasteiger partial charge < -0.3 is 5.32 Å². The number of nitrogens with one attached hydrogen (secondary N) is 1. The monoisotopic (exact) mass is 284 g/mol. The number of hydrogen-bond donors (Lipinski definition) is 1. The Hall–Kier alpha value is -1.98. The third-order valence-corrected chi connectivity index (χ3v) is 4.03. The molecule has 0 radical (unpaired) electrons. The molecule has 1 atom stereocenters. The Labute approximate surface area is 122 Å². The third kappa shape index (κ3) is 2.64. The van der Waals surface area contributed by atoms with Gasteiger partial charge in [0.25, 0.3) is 0 Å². The summed E-state index contributed by atoms with van der Waals surface area (Å²) in [5.74, 6) is 0. The Morgan fingerprint density at radius 1 is 1.25 bits per heavy atom. The normalized spacial score (nSPS) is 12.4. The van der Waals surface area contributed by atoms with Crippen LogP contribution in [0.15, 0.2) is 53.4 Å². The van der Waals surface area contributed by atoms with Crippen LogP contribution in [-0.4, -0.2) is 22.0 Å². The van der Waals surface area contributed by atoms with Crippen LogP contribution in [0.25, 0.3) is 5.69 Å². The van der Waals surface area contributed by atoms with Crippen molar-refractivity contribution in [3.05, 3.63) is 64.6 Å². The topological polar surface area (TPSA) is 42.7 Å². The van der Waals surface area contributed by atoms with Crippen molar-refractivity contribution in [2.75, 3.05) is 7.05 Å². The van der Waals surface area contributed by atoms with E-state index < -0.39 is 0 Å². The van der Waals surface area contributed by atoms with Crippen LogP contribution in [-0.2, 0) is 6.42 Å². The lowest BCUT2D eigenvalue weighted by atomic mass is 10.1. The highest BCUT2D eigenvalue weighted by atomic mass is 32.1. The van der Waals surface area contributed by atoms with Gasteiger partial charge in [-0.2, -0.15) is 11.3 Å². The Morgan fingerprint density at radius 3 is 2.80 bits per heavy atom. The van der Waals surface area contributed by atoms with Crippen LogP contribution in [0.3, 0.4) is 0 Å². The maximum atomic E-state index is 4.21. The number of rotatable bonds is 5. The Morgan fingerprint density at radius 2 is 2.10 bits per heavy atom. The van der Waals surface area contributed by atoms with Gasteiger partial charge in [-0.15, -0.1) is 5.10 Å². The van der Waals surface area contributed by atoms with E-state index in [4.69, 9.17) is 0 Å². The summed E-state index contributed by atoms with van der Waals surface area (Å²) in [6.07, 6.45) is 2.76. The molecule has 5 heteroatoms. The minimum atomic E-state index is 0.194. The average molecular weight is 284 g/mol. The molecule has 0 aliphatic heterocycles. The molecule has 0 amide bonds. The standard InChI is InChI=1S/C15H16N4S/c1-16-14(9-12-7-8-20-11-12)15-10-17-18-19(15)13-5-3-2-4-6-13/h2-8,10-11,14,16H,9H2,1H3. The SMILES string of the molecule is CNC(Cc1ccsc1)c1cnnn1-c1ccccc1. The molecule has 4 nitrogen and oxygen atoms in total. The second kappa shape index (κ2) is 5.98. The molecule has 0 saturated carbocycles. The van der Waals surface area contributed by atoms with Crippen molar-refractivity contribution in [1.29, 1.82) is 0 Å². The first kappa shape index (κ1) is 13.0. The predicted molar refractivity (Wildman–Crippen MR) is 81.2 cm³/mol. The molecule has 20 heavy (non-hydrogen) atoms. The molecule has 2 heterocycles. The lowest BCUT2D eigenvalue weighted by Crippen LogP contribution is -2.21. The molecular formula is C15H16N4S. The maximum Gasteiger partial charge on any atom is 0.0818 e. The van der Waals surface area contributed by atoms with E-state index in [1.807, 2.05) is 48.3 Å². The first-order valence-electron chi connectivity index (χ1n) is 6.53. The van der Waals surface area contributed by atoms with Crippen molar-refractivity contribution in [2.45, 2.75) is 12.5 Å². The van der Waals surface area contributed by atoms with Crippen molar-refractivity contribution in [2.24, 2.45) is 0 Å². The average Bonchev–Trinajstić information content (AvgIpc) is 3.17. The highest BCUT2D eigenvalue weighted by Gasteiger charge is 2.17. The molecule has 0 spiro atoms. The second-order valence-corrected chi connectivity index (χ2v) is 5.36. The predicted octanol–water partition coefficient (Wildman–Crippen LogP) is 2.83. The van der Waals surface area contributed by atoms with Crippen LogP contribution in [0.4, 0.5) is 0 Å². The number of nitrogens with zero attached hydrogens (tertiary/aromatic N) is 3. The molecule has 3 rings (SSSR count). The first-order valence-corrected chi connectivity index (χ1v) is 7.47. The molecule has 0 saturated heterocycles. The second-order valence-electron chi connectivity index (χ2n) is 4.58. The number of para-hydroxylation sites is 1. The fourth-order valence-electron chi connectivity index (χ4n) is 2.25. The van der Waals surface area contributed by atoms with Crippen LogP contribution in [0.2, 0.25) is 0 Å². The lowest BCUT2D eigenvalue weighted by molar-refractivity contribution is 0.555. The molecule has 3 aromatic rings. The van der Waals surface area contributed by atoms with Gasteiger partial charge in [0, 0.05) is 0 Å². The Bertz CT molecular complexity index is 646. The van der Waals surface area contributed by atoms with Crippen LogP contribution in [0.1, 0.15) is 17.3 Å². The van der Waals surface area contributed by atoms with E-state index in [1.165, 1.54) is 5.56 Å². The number of likely N-dealkylation sites (N-methyl/N-ethyl adjacent to an activating group) is 1. The van der Waals surface area contributed by atoms with E-state index in [-0.39, 0.29) is 6.04 Å². The molecular weight excluding hydrogens is 268 g/mol. The van der Waals surface area contributed by atoms with Gasteiger partial charge in [-0.3, -0.25) is 0 Å². The lowest BCUT2D eigenvalue weighted by Gasteiger charge is -2.16. The number of hydrogen-bond acceptors (Lipinski definition) is 4. The largest absolute Gasteiger partial charge is 0.311 e. The molecule has 2 aromatic heterocycles. The van der Waals surface area contributed by atoms with Gasteiger partial charge in [-0.05, 0) is 48.0 Å². The van der Waals surface area contributed by atoms with Gasteiger partial charge in [0.2, 0.25) is 0 Å². The van der Waals surface area contributed by atoms with E-state index in [1.54, 1.807) is 11.3 Å². The number of aromatic nitrogens is 3. The summed E-state index contributed by atoms with van der Waals surface area (Å²) < 4.78 is 1.90. The zero-order valence-corrected chi connectivity index (χ0v) is 12.0. The van der Waals surface area contributed by atoms with Crippen molar-refractivity contribution >= 4 is 11.3 Å². The first-order chi connectivity index (χ1) is 9.88. The summed E-state index contributed by atoms with van der Waals surface area (Å²) in [4.78, 5) is 0. The fourth-order valence-corrected chi connectivity index (χ4v) is 2.93. The van der Waals surface area contributed by atoms with Gasteiger partial charge >= 0.3 is 0 Å². The highest BCUT2D eigenvalue weighted by molar-refractivity contribution is 7.07. The summed E-state index contributed by atoms with van der Waals surface area (Å²) in [5.41, 5.74) is 3.44. The summed E-state index contributed by atoms with van der Waals surface area (Å²) in [6, 6.07) is 12.4. The van der Waals surface area contributed by atoms with Crippen LogP contribution < -0.4 is 5.32 Å². The number of thiophene rings is 1. The van der Waals surface area contributed by atoms with Crippen molar-refractivity contribution in [3.63, 3.8) is 0 Å². The van der Waals surface area contributed by atoms with Crippen LogP contribution in [0.5, 0.6) is 0 Å². The van der Waals surface area contributed by atoms with E-state index in [0.717, 1.165) is 17.8 Å². The Balaban J connectivity index is 1.91. The van der Waals surface area contributed by atoms with Crippen LogP contribution in [0, 0.1) is 0 Å². The smallest absolute Gasteiger partial charge is 0.0818 e. The van der Waals surface area contributed by atoms with Crippen molar-refractivity contribution in [3.8, 4) is 5.69 Å². The highest BCUT2D eigenvalue weighted by Crippen LogP contribution is 2.21. The molecule has 1 unspecified atom stereocenters. The Kier molecular flexibility index (Phi) is 3.90. The summed E-state index contributed by atoms with van der Waals surface area (Å²) in [5, 5.41) is 15.9. The minimum absolute atomic E-state index is 0.194. The summed E-state index contributed by atoms with van der Waals surface area (Å²) in [7, 11) is 1.97. The minimum Gasteiger partial charge on any atom is -0.311 e. The van der Waals surface area contributed by atoms with Gasteiger partial charge in [0.05, 0.1) is 23.6 Å². The van der Waals surface area contributed by atoms with Gasteiger partial charge in [-0.25, -0.2) is 4.68 Å². The third-order valence-electron chi connectivity index (χ3n) is 3.30. The van der Waals surface area contributed by atoms with Gasteiger partial charge in [0.1, 0.15) is 0 Å². The van der Waals surface area contributed by atoms with E-state index >= 15 is 0 Å². The molecule has 0 aliphatic rings. The number of benzene rings is 1. The quantitative estimate of drug-likeness (QED) is 0.783.